The maximum atomic E-state index is 12.7. The van der Waals surface area contributed by atoms with Crippen LogP contribution in [0.15, 0.2) is 77.7 Å². The van der Waals surface area contributed by atoms with E-state index in [0.29, 0.717) is 34.3 Å². The van der Waals surface area contributed by atoms with Crippen molar-refractivity contribution in [2.45, 2.75) is 24.0 Å². The van der Waals surface area contributed by atoms with Gasteiger partial charge >= 0.3 is 0 Å². The van der Waals surface area contributed by atoms with Crippen LogP contribution in [0.4, 0.5) is 11.4 Å². The molecule has 1 atom stereocenters. The fourth-order valence-electron chi connectivity index (χ4n) is 2.82. The molecule has 3 rings (SSSR count). The molecule has 5 nitrogen and oxygen atoms in total. The highest BCUT2D eigenvalue weighted by atomic mass is 35.5. The van der Waals surface area contributed by atoms with Crippen molar-refractivity contribution >= 4 is 46.6 Å². The summed E-state index contributed by atoms with van der Waals surface area (Å²) in [6.45, 7) is 4.25. The van der Waals surface area contributed by atoms with Crippen LogP contribution in [0, 0.1) is 0 Å². The topological polar surface area (TPSA) is 67.4 Å². The van der Waals surface area contributed by atoms with E-state index in [0.717, 1.165) is 4.90 Å². The average molecular weight is 455 g/mol. The molecule has 0 saturated carbocycles. The van der Waals surface area contributed by atoms with Crippen LogP contribution in [0.25, 0.3) is 0 Å². The highest BCUT2D eigenvalue weighted by molar-refractivity contribution is 8.00. The average Bonchev–Trinajstić information content (AvgIpc) is 2.75. The van der Waals surface area contributed by atoms with Gasteiger partial charge in [0.25, 0.3) is 5.91 Å². The van der Waals surface area contributed by atoms with Gasteiger partial charge in [0, 0.05) is 21.2 Å². The highest BCUT2D eigenvalue weighted by Gasteiger charge is 2.17. The molecule has 0 fully saturated rings. The van der Waals surface area contributed by atoms with E-state index in [2.05, 4.69) is 10.6 Å². The lowest BCUT2D eigenvalue weighted by molar-refractivity contribution is -0.115. The molecule has 0 aliphatic carbocycles. The van der Waals surface area contributed by atoms with E-state index in [4.69, 9.17) is 16.3 Å². The molecule has 3 aromatic carbocycles. The first-order chi connectivity index (χ1) is 15.0. The molecule has 0 saturated heterocycles. The van der Waals surface area contributed by atoms with Crippen molar-refractivity contribution in [2.75, 3.05) is 17.2 Å². The Morgan fingerprint density at radius 3 is 2.55 bits per heavy atom. The number of halogens is 1. The van der Waals surface area contributed by atoms with E-state index in [9.17, 15) is 9.59 Å². The lowest BCUT2D eigenvalue weighted by Crippen LogP contribution is -2.22. The molecule has 0 radical (unpaired) electrons. The van der Waals surface area contributed by atoms with Gasteiger partial charge in [-0.25, -0.2) is 0 Å². The molecule has 0 aromatic heterocycles. The predicted molar refractivity (Wildman–Crippen MR) is 127 cm³/mol. The second kappa shape index (κ2) is 10.9. The van der Waals surface area contributed by atoms with Gasteiger partial charge in [-0.15, -0.1) is 11.8 Å². The number of benzene rings is 3. The molecule has 0 heterocycles. The van der Waals surface area contributed by atoms with Crippen molar-refractivity contribution in [1.82, 2.24) is 0 Å². The number of thioether (sulfide) groups is 1. The number of rotatable bonds is 8. The SMILES string of the molecule is CCOc1ccccc1NC(=O)C(C)Sc1cccc(NC(=O)c2cccc(Cl)c2)c1. The minimum atomic E-state index is -0.353. The number of carbonyl (C=O) groups is 2. The van der Waals surface area contributed by atoms with Gasteiger partial charge in [0.2, 0.25) is 5.91 Å². The van der Waals surface area contributed by atoms with E-state index in [1.165, 1.54) is 11.8 Å². The third kappa shape index (κ3) is 6.51. The largest absolute Gasteiger partial charge is 0.492 e. The summed E-state index contributed by atoms with van der Waals surface area (Å²) < 4.78 is 5.56. The van der Waals surface area contributed by atoms with Crippen molar-refractivity contribution in [3.63, 3.8) is 0 Å². The van der Waals surface area contributed by atoms with Crippen LogP contribution in [0.2, 0.25) is 5.02 Å². The predicted octanol–water partition coefficient (Wildman–Crippen LogP) is 6.11. The summed E-state index contributed by atoms with van der Waals surface area (Å²) >= 11 is 7.36. The highest BCUT2D eigenvalue weighted by Crippen LogP contribution is 2.29. The van der Waals surface area contributed by atoms with E-state index >= 15 is 0 Å². The van der Waals surface area contributed by atoms with Crippen molar-refractivity contribution in [2.24, 2.45) is 0 Å². The van der Waals surface area contributed by atoms with Gasteiger partial charge in [0.05, 0.1) is 17.5 Å². The summed E-state index contributed by atoms with van der Waals surface area (Å²) in [7, 11) is 0. The second-order valence-corrected chi connectivity index (χ2v) is 8.52. The lowest BCUT2D eigenvalue weighted by atomic mass is 10.2. The quantitative estimate of drug-likeness (QED) is 0.403. The number of hydrogen-bond acceptors (Lipinski definition) is 4. The summed E-state index contributed by atoms with van der Waals surface area (Å²) in [5.74, 6) is 0.259. The summed E-state index contributed by atoms with van der Waals surface area (Å²) in [4.78, 5) is 26.0. The molecule has 2 N–H and O–H groups in total. The Morgan fingerprint density at radius 1 is 1.00 bits per heavy atom. The number of ether oxygens (including phenoxy) is 1. The molecule has 1 unspecified atom stereocenters. The summed E-state index contributed by atoms with van der Waals surface area (Å²) in [5, 5.41) is 5.93. The molecule has 0 spiro atoms. The molecule has 0 bridgehead atoms. The molecule has 160 valence electrons. The minimum absolute atomic E-state index is 0.134. The van der Waals surface area contributed by atoms with Gasteiger partial charge in [-0.3, -0.25) is 9.59 Å². The molecule has 3 aromatic rings. The Hall–Kier alpha value is -2.96. The number of hydrogen-bond donors (Lipinski definition) is 2. The van der Waals surface area contributed by atoms with Crippen LogP contribution >= 0.6 is 23.4 Å². The number of amides is 2. The molecule has 0 aliphatic rings. The van der Waals surface area contributed by atoms with E-state index in [1.807, 2.05) is 56.3 Å². The van der Waals surface area contributed by atoms with Gasteiger partial charge in [-0.2, -0.15) is 0 Å². The zero-order valence-corrected chi connectivity index (χ0v) is 18.8. The summed E-state index contributed by atoms with van der Waals surface area (Å²) in [6.07, 6.45) is 0. The number of carbonyl (C=O) groups excluding carboxylic acids is 2. The third-order valence-electron chi connectivity index (χ3n) is 4.31. The Kier molecular flexibility index (Phi) is 7.98. The van der Waals surface area contributed by atoms with Crippen molar-refractivity contribution < 1.29 is 14.3 Å². The molecule has 2 amide bonds. The van der Waals surface area contributed by atoms with Crippen LogP contribution in [0.1, 0.15) is 24.2 Å². The maximum Gasteiger partial charge on any atom is 0.255 e. The smallest absolute Gasteiger partial charge is 0.255 e. The normalized spacial score (nSPS) is 11.5. The Labute approximate surface area is 191 Å². The minimum Gasteiger partial charge on any atom is -0.492 e. The van der Waals surface area contributed by atoms with Crippen LogP contribution in [-0.2, 0) is 4.79 Å². The van der Waals surface area contributed by atoms with Crippen molar-refractivity contribution in [1.29, 1.82) is 0 Å². The van der Waals surface area contributed by atoms with Crippen LogP contribution < -0.4 is 15.4 Å². The summed E-state index contributed by atoms with van der Waals surface area (Å²) in [5.41, 5.74) is 1.76. The van der Waals surface area contributed by atoms with Crippen LogP contribution in [0.5, 0.6) is 5.75 Å². The van der Waals surface area contributed by atoms with Crippen molar-refractivity contribution in [3.8, 4) is 5.75 Å². The molecular formula is C24H23ClN2O3S. The van der Waals surface area contributed by atoms with Gasteiger partial charge < -0.3 is 15.4 Å². The fourth-order valence-corrected chi connectivity index (χ4v) is 3.94. The molecular weight excluding hydrogens is 432 g/mol. The zero-order chi connectivity index (χ0) is 22.2. The first kappa shape index (κ1) is 22.7. The Morgan fingerprint density at radius 2 is 1.77 bits per heavy atom. The summed E-state index contributed by atoms with van der Waals surface area (Å²) in [6, 6.07) is 21.5. The first-order valence-corrected chi connectivity index (χ1v) is 11.1. The van der Waals surface area contributed by atoms with Gasteiger partial charge in [-0.05, 0) is 62.4 Å². The second-order valence-electron chi connectivity index (χ2n) is 6.67. The first-order valence-electron chi connectivity index (χ1n) is 9.82. The fraction of sp³-hybridized carbons (Fsp3) is 0.167. The van der Waals surface area contributed by atoms with E-state index in [-0.39, 0.29) is 17.1 Å². The number of para-hydroxylation sites is 2. The van der Waals surface area contributed by atoms with Gasteiger partial charge in [0.1, 0.15) is 5.75 Å². The Balaban J connectivity index is 1.63. The van der Waals surface area contributed by atoms with E-state index in [1.54, 1.807) is 30.3 Å². The molecule has 0 aliphatic heterocycles. The Bertz CT molecular complexity index is 1070. The third-order valence-corrected chi connectivity index (χ3v) is 5.63. The van der Waals surface area contributed by atoms with Crippen LogP contribution in [0.3, 0.4) is 0 Å². The van der Waals surface area contributed by atoms with Gasteiger partial charge in [-0.1, -0.05) is 35.9 Å². The van der Waals surface area contributed by atoms with Crippen LogP contribution in [-0.4, -0.2) is 23.7 Å². The van der Waals surface area contributed by atoms with Gasteiger partial charge in [0.15, 0.2) is 0 Å². The van der Waals surface area contributed by atoms with E-state index < -0.39 is 0 Å². The van der Waals surface area contributed by atoms with Crippen molar-refractivity contribution in [3.05, 3.63) is 83.4 Å². The molecule has 7 heteroatoms. The zero-order valence-electron chi connectivity index (χ0n) is 17.2. The maximum absolute atomic E-state index is 12.7. The lowest BCUT2D eigenvalue weighted by Gasteiger charge is -2.15. The standard InChI is InChI=1S/C24H23ClN2O3S/c1-3-30-22-13-5-4-12-21(22)27-23(28)16(2)31-20-11-7-10-19(15-20)26-24(29)17-8-6-9-18(25)14-17/h4-16H,3H2,1-2H3,(H,26,29)(H,27,28). The monoisotopic (exact) mass is 454 g/mol. The number of nitrogens with one attached hydrogen (secondary N) is 2. The molecule has 31 heavy (non-hydrogen) atoms. The number of anilines is 2.